The normalized spacial score (nSPS) is 13.3. The molecule has 0 fully saturated rings. The Bertz CT molecular complexity index is 470. The molecule has 2 aromatic heterocycles. The molecule has 0 radical (unpaired) electrons. The fourth-order valence-electron chi connectivity index (χ4n) is 1.37. The smallest absolute Gasteiger partial charge is 0.170 e. The molecule has 2 heterocycles. The second-order valence-corrected chi connectivity index (χ2v) is 3.98. The Labute approximate surface area is 95.1 Å². The van der Waals surface area contributed by atoms with Gasteiger partial charge < -0.3 is 15.2 Å². The van der Waals surface area contributed by atoms with E-state index in [2.05, 4.69) is 25.9 Å². The molecule has 0 amide bonds. The summed E-state index contributed by atoms with van der Waals surface area (Å²) >= 11 is 3.31. The van der Waals surface area contributed by atoms with Gasteiger partial charge in [0.15, 0.2) is 5.65 Å². The maximum atomic E-state index is 8.79. The molecule has 0 saturated heterocycles. The van der Waals surface area contributed by atoms with Crippen LogP contribution in [0, 0.1) is 0 Å². The first-order chi connectivity index (χ1) is 7.22. The van der Waals surface area contributed by atoms with Crippen molar-refractivity contribution >= 4 is 21.6 Å². The number of aliphatic hydroxyl groups excluding tert-OH is 1. The molecule has 6 heteroatoms. The molecule has 2 aromatic rings. The fourth-order valence-corrected chi connectivity index (χ4v) is 1.78. The van der Waals surface area contributed by atoms with Crippen LogP contribution in [0.15, 0.2) is 23.2 Å². The van der Waals surface area contributed by atoms with Crippen molar-refractivity contribution in [2.45, 2.75) is 12.5 Å². The third kappa shape index (κ3) is 2.01. The number of fused-ring (bicyclic) bond motifs is 1. The largest absolute Gasteiger partial charge is 0.396 e. The van der Waals surface area contributed by atoms with Crippen molar-refractivity contribution in [2.75, 3.05) is 6.61 Å². The van der Waals surface area contributed by atoms with Crippen LogP contribution in [0.2, 0.25) is 0 Å². The molecule has 80 valence electrons. The first-order valence-corrected chi connectivity index (χ1v) is 5.37. The number of hydrogen-bond acceptors (Lipinski definition) is 4. The maximum Gasteiger partial charge on any atom is 0.170 e. The molecule has 0 saturated carbocycles. The third-order valence-corrected chi connectivity index (χ3v) is 2.73. The summed E-state index contributed by atoms with van der Waals surface area (Å²) < 4.78 is 2.54. The minimum atomic E-state index is -0.234. The first-order valence-electron chi connectivity index (χ1n) is 4.58. The van der Waals surface area contributed by atoms with Gasteiger partial charge >= 0.3 is 0 Å². The Hall–Kier alpha value is -0.980. The summed E-state index contributed by atoms with van der Waals surface area (Å²) in [5, 5.41) is 8.79. The van der Waals surface area contributed by atoms with Crippen molar-refractivity contribution in [2.24, 2.45) is 5.73 Å². The summed E-state index contributed by atoms with van der Waals surface area (Å²) in [6.07, 6.45) is 5.85. The van der Waals surface area contributed by atoms with Crippen LogP contribution in [0.4, 0.5) is 0 Å². The number of nitrogens with zero attached hydrogens (tertiary/aromatic N) is 3. The molecule has 0 aliphatic rings. The van der Waals surface area contributed by atoms with E-state index in [9.17, 15) is 0 Å². The highest BCUT2D eigenvalue weighted by atomic mass is 79.9. The van der Waals surface area contributed by atoms with Gasteiger partial charge in [0.25, 0.3) is 0 Å². The summed E-state index contributed by atoms with van der Waals surface area (Å²) in [6, 6.07) is -0.234. The molecule has 0 bridgehead atoms. The van der Waals surface area contributed by atoms with Crippen LogP contribution < -0.4 is 5.73 Å². The average Bonchev–Trinajstić information content (AvgIpc) is 2.63. The van der Waals surface area contributed by atoms with Gasteiger partial charge in [0.2, 0.25) is 0 Å². The maximum absolute atomic E-state index is 8.79. The van der Waals surface area contributed by atoms with Gasteiger partial charge in [-0.2, -0.15) is 0 Å². The molecule has 1 unspecified atom stereocenters. The lowest BCUT2D eigenvalue weighted by atomic mass is 10.2. The Morgan fingerprint density at radius 1 is 1.60 bits per heavy atom. The summed E-state index contributed by atoms with van der Waals surface area (Å²) in [7, 11) is 0. The first kappa shape index (κ1) is 10.5. The zero-order valence-electron chi connectivity index (χ0n) is 7.97. The monoisotopic (exact) mass is 270 g/mol. The van der Waals surface area contributed by atoms with E-state index in [1.165, 1.54) is 0 Å². The standard InChI is InChI=1S/C9H11BrN4O/c10-8-9-13-7(6(11)1-4-15)5-14(9)3-2-12-8/h2-3,5-6,15H,1,4,11H2. The Morgan fingerprint density at radius 3 is 3.07 bits per heavy atom. The SMILES string of the molecule is NC(CCO)c1cn2ccnc(Br)c2n1. The highest BCUT2D eigenvalue weighted by molar-refractivity contribution is 9.10. The van der Waals surface area contributed by atoms with Gasteiger partial charge in [-0.25, -0.2) is 9.97 Å². The molecule has 0 aromatic carbocycles. The molecule has 0 spiro atoms. The van der Waals surface area contributed by atoms with E-state index in [0.717, 1.165) is 11.3 Å². The van der Waals surface area contributed by atoms with Crippen molar-refractivity contribution < 1.29 is 5.11 Å². The number of nitrogens with two attached hydrogens (primary N) is 1. The molecular formula is C9H11BrN4O. The lowest BCUT2D eigenvalue weighted by Crippen LogP contribution is -2.12. The van der Waals surface area contributed by atoms with Crippen LogP contribution in [0.3, 0.4) is 0 Å². The van der Waals surface area contributed by atoms with E-state index in [4.69, 9.17) is 10.8 Å². The number of rotatable bonds is 3. The third-order valence-electron chi connectivity index (χ3n) is 2.17. The van der Waals surface area contributed by atoms with Crippen LogP contribution in [0.25, 0.3) is 5.65 Å². The van der Waals surface area contributed by atoms with Gasteiger partial charge in [0, 0.05) is 25.2 Å². The molecule has 15 heavy (non-hydrogen) atoms. The minimum absolute atomic E-state index is 0.0639. The van der Waals surface area contributed by atoms with Crippen LogP contribution in [-0.2, 0) is 0 Å². The van der Waals surface area contributed by atoms with Gasteiger partial charge in [-0.05, 0) is 22.4 Å². The Balaban J connectivity index is 2.43. The van der Waals surface area contributed by atoms with E-state index < -0.39 is 0 Å². The second kappa shape index (κ2) is 4.26. The number of aromatic nitrogens is 3. The second-order valence-electron chi connectivity index (χ2n) is 3.23. The zero-order valence-corrected chi connectivity index (χ0v) is 9.55. The minimum Gasteiger partial charge on any atom is -0.396 e. The van der Waals surface area contributed by atoms with E-state index in [1.54, 1.807) is 6.20 Å². The topological polar surface area (TPSA) is 76.4 Å². The predicted octanol–water partition coefficient (Wildman–Crippen LogP) is 0.874. The predicted molar refractivity (Wildman–Crippen MR) is 59.3 cm³/mol. The number of halogens is 1. The summed E-state index contributed by atoms with van der Waals surface area (Å²) in [5.74, 6) is 0. The number of aliphatic hydroxyl groups is 1. The Kier molecular flexibility index (Phi) is 2.99. The van der Waals surface area contributed by atoms with E-state index in [0.29, 0.717) is 11.0 Å². The lowest BCUT2D eigenvalue weighted by molar-refractivity contribution is 0.276. The average molecular weight is 271 g/mol. The highest BCUT2D eigenvalue weighted by Crippen LogP contribution is 2.18. The Morgan fingerprint density at radius 2 is 2.40 bits per heavy atom. The van der Waals surface area contributed by atoms with E-state index in [-0.39, 0.29) is 12.6 Å². The lowest BCUT2D eigenvalue weighted by Gasteiger charge is -2.04. The molecule has 2 rings (SSSR count). The van der Waals surface area contributed by atoms with Gasteiger partial charge in [0.05, 0.1) is 11.7 Å². The molecule has 3 N–H and O–H groups in total. The zero-order chi connectivity index (χ0) is 10.8. The van der Waals surface area contributed by atoms with E-state index in [1.807, 2.05) is 16.8 Å². The highest BCUT2D eigenvalue weighted by Gasteiger charge is 2.11. The molecule has 0 aliphatic heterocycles. The van der Waals surface area contributed by atoms with Crippen molar-refractivity contribution in [1.82, 2.24) is 14.4 Å². The summed E-state index contributed by atoms with van der Waals surface area (Å²) in [6.45, 7) is 0.0639. The van der Waals surface area contributed by atoms with Crippen molar-refractivity contribution in [3.05, 3.63) is 28.9 Å². The quantitative estimate of drug-likeness (QED) is 0.868. The van der Waals surface area contributed by atoms with Crippen LogP contribution in [0.5, 0.6) is 0 Å². The number of imidazole rings is 1. The van der Waals surface area contributed by atoms with E-state index >= 15 is 0 Å². The fraction of sp³-hybridized carbons (Fsp3) is 0.333. The molecule has 0 aliphatic carbocycles. The van der Waals surface area contributed by atoms with Crippen molar-refractivity contribution in [1.29, 1.82) is 0 Å². The molecule has 5 nitrogen and oxygen atoms in total. The summed E-state index contributed by atoms with van der Waals surface area (Å²) in [5.41, 5.74) is 7.35. The van der Waals surface area contributed by atoms with Crippen LogP contribution in [0.1, 0.15) is 18.2 Å². The number of hydrogen-bond donors (Lipinski definition) is 2. The van der Waals surface area contributed by atoms with Crippen LogP contribution in [-0.4, -0.2) is 26.1 Å². The van der Waals surface area contributed by atoms with Gasteiger partial charge in [0.1, 0.15) is 4.60 Å². The molecule has 1 atom stereocenters. The van der Waals surface area contributed by atoms with Gasteiger partial charge in [-0.1, -0.05) is 0 Å². The van der Waals surface area contributed by atoms with Gasteiger partial charge in [-0.15, -0.1) is 0 Å². The molecular weight excluding hydrogens is 260 g/mol. The van der Waals surface area contributed by atoms with Crippen molar-refractivity contribution in [3.63, 3.8) is 0 Å². The van der Waals surface area contributed by atoms with Crippen LogP contribution >= 0.6 is 15.9 Å². The van der Waals surface area contributed by atoms with Crippen molar-refractivity contribution in [3.8, 4) is 0 Å². The summed E-state index contributed by atoms with van der Waals surface area (Å²) in [4.78, 5) is 8.42. The van der Waals surface area contributed by atoms with Gasteiger partial charge in [-0.3, -0.25) is 0 Å².